The van der Waals surface area contributed by atoms with E-state index in [2.05, 4.69) is 35.4 Å². The first-order valence-corrected chi connectivity index (χ1v) is 9.46. The number of amides is 1. The lowest BCUT2D eigenvalue weighted by Crippen LogP contribution is -2.28. The molecule has 7 heteroatoms. The molecule has 1 amide bonds. The second-order valence-corrected chi connectivity index (χ2v) is 8.78. The lowest BCUT2D eigenvalue weighted by atomic mass is 9.92. The van der Waals surface area contributed by atoms with Crippen LogP contribution < -0.4 is 16.1 Å². The normalized spacial score (nSPS) is 16.8. The summed E-state index contributed by atoms with van der Waals surface area (Å²) in [5.41, 5.74) is 1.67. The van der Waals surface area contributed by atoms with Gasteiger partial charge in [-0.05, 0) is 42.3 Å². The minimum absolute atomic E-state index is 0.0675. The van der Waals surface area contributed by atoms with Gasteiger partial charge in [0.2, 0.25) is 5.91 Å². The van der Waals surface area contributed by atoms with E-state index in [0.717, 1.165) is 35.2 Å². The molecule has 25 heavy (non-hydrogen) atoms. The fraction of sp³-hybridized carbons (Fsp3) is 0.500. The summed E-state index contributed by atoms with van der Waals surface area (Å²) in [6.07, 6.45) is 5.99. The number of nitrogens with zero attached hydrogens (tertiary/aromatic N) is 2. The molecule has 0 fully saturated rings. The van der Waals surface area contributed by atoms with Crippen molar-refractivity contribution in [1.82, 2.24) is 9.36 Å². The lowest BCUT2D eigenvalue weighted by molar-refractivity contribution is -0.116. The number of aromatic nitrogens is 2. The average Bonchev–Trinajstić information content (AvgIpc) is 3.02. The Labute approximate surface area is 156 Å². The van der Waals surface area contributed by atoms with Crippen molar-refractivity contribution in [2.75, 3.05) is 5.32 Å². The number of oxazole rings is 1. The van der Waals surface area contributed by atoms with E-state index in [1.54, 1.807) is 0 Å². The maximum atomic E-state index is 12.3. The van der Waals surface area contributed by atoms with E-state index in [1.807, 2.05) is 19.1 Å². The van der Waals surface area contributed by atoms with Crippen molar-refractivity contribution in [2.24, 2.45) is 11.3 Å². The summed E-state index contributed by atoms with van der Waals surface area (Å²) in [5, 5.41) is 4.82. The third kappa shape index (κ3) is 4.50. The molecule has 0 saturated carbocycles. The number of anilines is 1. The number of aryl methyl sites for hydroxylation is 1. The van der Waals surface area contributed by atoms with Gasteiger partial charge in [-0.3, -0.25) is 4.79 Å². The first kappa shape index (κ1) is 18.1. The zero-order valence-electron chi connectivity index (χ0n) is 14.9. The van der Waals surface area contributed by atoms with Gasteiger partial charge in [-0.15, -0.1) is 0 Å². The Balaban J connectivity index is 1.68. The molecule has 2 aromatic heterocycles. The molecule has 0 saturated heterocycles. The molecule has 5 nitrogen and oxygen atoms in total. The van der Waals surface area contributed by atoms with Crippen LogP contribution in [0.5, 0.6) is 0 Å². The van der Waals surface area contributed by atoms with E-state index in [1.165, 1.54) is 11.5 Å². The molecule has 1 aliphatic rings. The van der Waals surface area contributed by atoms with E-state index in [-0.39, 0.29) is 17.2 Å². The van der Waals surface area contributed by atoms with Crippen LogP contribution in [-0.4, -0.2) is 15.3 Å². The highest BCUT2D eigenvalue weighted by molar-refractivity contribution is 7.11. The molecule has 0 spiro atoms. The SMILES string of the molecule is Cc1nsc(NC(=O)CC2C=c3nc(CC(C)(C)C)oc3=CC2)c1Cl. The quantitative estimate of drug-likeness (QED) is 0.885. The van der Waals surface area contributed by atoms with Gasteiger partial charge in [0.15, 0.2) is 11.3 Å². The van der Waals surface area contributed by atoms with Crippen molar-refractivity contribution < 1.29 is 9.21 Å². The van der Waals surface area contributed by atoms with Crippen molar-refractivity contribution in [3.8, 4) is 0 Å². The van der Waals surface area contributed by atoms with Crippen molar-refractivity contribution in [3.63, 3.8) is 0 Å². The summed E-state index contributed by atoms with van der Waals surface area (Å²) in [7, 11) is 0. The van der Waals surface area contributed by atoms with Crippen LogP contribution in [0, 0.1) is 18.3 Å². The van der Waals surface area contributed by atoms with Crippen LogP contribution >= 0.6 is 23.1 Å². The van der Waals surface area contributed by atoms with E-state index in [9.17, 15) is 4.79 Å². The van der Waals surface area contributed by atoms with Gasteiger partial charge in [0.05, 0.1) is 10.7 Å². The summed E-state index contributed by atoms with van der Waals surface area (Å²) in [5.74, 6) is 0.789. The molecule has 3 rings (SSSR count). The van der Waals surface area contributed by atoms with E-state index in [0.29, 0.717) is 16.4 Å². The number of carbonyl (C=O) groups is 1. The van der Waals surface area contributed by atoms with E-state index < -0.39 is 0 Å². The number of carbonyl (C=O) groups excluding carboxylic acids is 1. The Morgan fingerprint density at radius 3 is 2.88 bits per heavy atom. The number of rotatable bonds is 4. The molecule has 0 aliphatic heterocycles. The number of fused-ring (bicyclic) bond motifs is 1. The molecule has 1 N–H and O–H groups in total. The molecular formula is C18H22ClN3O2S. The highest BCUT2D eigenvalue weighted by atomic mass is 35.5. The van der Waals surface area contributed by atoms with Crippen molar-refractivity contribution >= 4 is 46.2 Å². The van der Waals surface area contributed by atoms with Gasteiger partial charge in [0, 0.05) is 12.8 Å². The van der Waals surface area contributed by atoms with Crippen LogP contribution in [0.15, 0.2) is 4.42 Å². The second kappa shape index (κ2) is 6.92. The van der Waals surface area contributed by atoms with E-state index in [4.69, 9.17) is 16.0 Å². The van der Waals surface area contributed by atoms with Crippen LogP contribution in [-0.2, 0) is 11.2 Å². The Morgan fingerprint density at radius 2 is 2.24 bits per heavy atom. The molecule has 0 bridgehead atoms. The maximum Gasteiger partial charge on any atom is 0.225 e. The monoisotopic (exact) mass is 379 g/mol. The highest BCUT2D eigenvalue weighted by Crippen LogP contribution is 2.30. The predicted octanol–water partition coefficient (Wildman–Crippen LogP) is 3.29. The summed E-state index contributed by atoms with van der Waals surface area (Å²) in [6, 6.07) is 0. The number of nitrogens with one attached hydrogen (secondary N) is 1. The zero-order valence-corrected chi connectivity index (χ0v) is 16.4. The standard InChI is InChI=1S/C18H22ClN3O2S/c1-10-16(19)17(25-22-10)21-14(23)8-11-5-6-13-12(7-11)20-15(24-13)9-18(2,3)4/h6-7,11H,5,8-9H2,1-4H3,(H,21,23). The van der Waals surface area contributed by atoms with Gasteiger partial charge in [0.25, 0.3) is 0 Å². The maximum absolute atomic E-state index is 12.3. The van der Waals surface area contributed by atoms with Gasteiger partial charge in [-0.25, -0.2) is 4.98 Å². The minimum Gasteiger partial charge on any atom is -0.441 e. The van der Waals surface area contributed by atoms with Crippen LogP contribution in [0.25, 0.3) is 12.2 Å². The van der Waals surface area contributed by atoms with Gasteiger partial charge >= 0.3 is 0 Å². The molecule has 1 aliphatic carbocycles. The van der Waals surface area contributed by atoms with Crippen LogP contribution in [0.1, 0.15) is 45.2 Å². The summed E-state index contributed by atoms with van der Waals surface area (Å²) < 4.78 is 9.96. The molecule has 1 atom stereocenters. The van der Waals surface area contributed by atoms with Crippen molar-refractivity contribution in [3.05, 3.63) is 27.4 Å². The van der Waals surface area contributed by atoms with Gasteiger partial charge in [-0.1, -0.05) is 38.4 Å². The minimum atomic E-state index is -0.0675. The fourth-order valence-corrected chi connectivity index (χ4v) is 3.68. The molecular weight excluding hydrogens is 358 g/mol. The second-order valence-electron chi connectivity index (χ2n) is 7.62. The molecule has 1 unspecified atom stereocenters. The third-order valence-corrected chi connectivity index (χ3v) is 5.33. The predicted molar refractivity (Wildman–Crippen MR) is 101 cm³/mol. The zero-order chi connectivity index (χ0) is 18.2. The Morgan fingerprint density at radius 1 is 1.48 bits per heavy atom. The van der Waals surface area contributed by atoms with E-state index >= 15 is 0 Å². The lowest BCUT2D eigenvalue weighted by Gasteiger charge is -2.14. The smallest absolute Gasteiger partial charge is 0.225 e. The summed E-state index contributed by atoms with van der Waals surface area (Å²) in [6.45, 7) is 8.29. The molecule has 2 heterocycles. The third-order valence-electron chi connectivity index (χ3n) is 3.90. The Kier molecular flexibility index (Phi) is 5.02. The first-order valence-electron chi connectivity index (χ1n) is 8.30. The van der Waals surface area contributed by atoms with Gasteiger partial charge in [-0.2, -0.15) is 4.37 Å². The fourth-order valence-electron chi connectivity index (χ4n) is 2.73. The van der Waals surface area contributed by atoms with Crippen LogP contribution in [0.2, 0.25) is 5.02 Å². The molecule has 0 radical (unpaired) electrons. The average molecular weight is 380 g/mol. The number of halogens is 1. The first-order chi connectivity index (χ1) is 11.7. The van der Waals surface area contributed by atoms with Gasteiger partial charge in [0.1, 0.15) is 10.4 Å². The summed E-state index contributed by atoms with van der Waals surface area (Å²) in [4.78, 5) is 16.9. The van der Waals surface area contributed by atoms with Gasteiger partial charge < -0.3 is 9.73 Å². The van der Waals surface area contributed by atoms with Crippen molar-refractivity contribution in [2.45, 2.75) is 47.0 Å². The molecule has 134 valence electrons. The highest BCUT2D eigenvalue weighted by Gasteiger charge is 2.19. The molecule has 2 aromatic rings. The summed E-state index contributed by atoms with van der Waals surface area (Å²) >= 11 is 7.32. The van der Waals surface area contributed by atoms with Crippen LogP contribution in [0.4, 0.5) is 5.00 Å². The topological polar surface area (TPSA) is 68.0 Å². The number of hydrogen-bond acceptors (Lipinski definition) is 5. The molecule has 0 aromatic carbocycles. The number of hydrogen-bond donors (Lipinski definition) is 1. The Hall–Kier alpha value is -1.66. The largest absolute Gasteiger partial charge is 0.441 e. The van der Waals surface area contributed by atoms with Crippen LogP contribution in [0.3, 0.4) is 0 Å². The Bertz CT molecular complexity index is 908. The van der Waals surface area contributed by atoms with Crippen molar-refractivity contribution in [1.29, 1.82) is 0 Å².